The van der Waals surface area contributed by atoms with Gasteiger partial charge in [0.2, 0.25) is 0 Å². The van der Waals surface area contributed by atoms with Crippen LogP contribution in [0.1, 0.15) is 44.2 Å². The third-order valence-corrected chi connectivity index (χ3v) is 4.63. The predicted octanol–water partition coefficient (Wildman–Crippen LogP) is 3.40. The maximum Gasteiger partial charge on any atom is 0.317 e. The Labute approximate surface area is 138 Å². The summed E-state index contributed by atoms with van der Waals surface area (Å²) in [6, 6.07) is 6.13. The molecule has 0 saturated carbocycles. The molecule has 5 heteroatoms. The fourth-order valence-corrected chi connectivity index (χ4v) is 2.93. The molecule has 0 aromatic heterocycles. The lowest BCUT2D eigenvalue weighted by atomic mass is 10.1. The summed E-state index contributed by atoms with van der Waals surface area (Å²) >= 11 is 0. The van der Waals surface area contributed by atoms with E-state index in [0.717, 1.165) is 24.9 Å². The molecule has 1 N–H and O–H groups in total. The van der Waals surface area contributed by atoms with Gasteiger partial charge in [-0.25, -0.2) is 9.18 Å². The van der Waals surface area contributed by atoms with Crippen LogP contribution in [0.25, 0.3) is 0 Å². The molecule has 1 aliphatic heterocycles. The summed E-state index contributed by atoms with van der Waals surface area (Å²) in [6.45, 7) is 6.24. The zero-order chi connectivity index (χ0) is 16.7. The van der Waals surface area contributed by atoms with Crippen LogP contribution in [-0.2, 0) is 0 Å². The topological polar surface area (TPSA) is 35.6 Å². The van der Waals surface area contributed by atoms with Crippen molar-refractivity contribution in [3.8, 4) is 0 Å². The number of hydrogen-bond acceptors (Lipinski definition) is 2. The monoisotopic (exact) mass is 321 g/mol. The molecule has 0 aliphatic carbocycles. The summed E-state index contributed by atoms with van der Waals surface area (Å²) in [4.78, 5) is 16.3. The summed E-state index contributed by atoms with van der Waals surface area (Å²) < 4.78 is 13.0. The molecule has 1 aromatic carbocycles. The number of nitrogens with zero attached hydrogens (tertiary/aromatic N) is 2. The molecule has 0 bridgehead atoms. The number of hydrogen-bond donors (Lipinski definition) is 1. The van der Waals surface area contributed by atoms with Crippen LogP contribution in [0.15, 0.2) is 24.3 Å². The second-order valence-electron chi connectivity index (χ2n) is 6.33. The SMILES string of the molecule is CC(c1ccc(F)cc1)N(C)C(=O)NCCCCN1CCCC1. The fraction of sp³-hybridized carbons (Fsp3) is 0.611. The summed E-state index contributed by atoms with van der Waals surface area (Å²) in [6.07, 6.45) is 4.77. The highest BCUT2D eigenvalue weighted by Gasteiger charge is 2.17. The van der Waals surface area contributed by atoms with Gasteiger partial charge in [-0.05, 0) is 69.9 Å². The predicted molar refractivity (Wildman–Crippen MR) is 90.9 cm³/mol. The van der Waals surface area contributed by atoms with E-state index in [9.17, 15) is 9.18 Å². The molecule has 1 saturated heterocycles. The molecule has 1 heterocycles. The van der Waals surface area contributed by atoms with Crippen LogP contribution in [0.3, 0.4) is 0 Å². The van der Waals surface area contributed by atoms with E-state index in [4.69, 9.17) is 0 Å². The molecule has 2 amide bonds. The van der Waals surface area contributed by atoms with Crippen LogP contribution in [0.4, 0.5) is 9.18 Å². The van der Waals surface area contributed by atoms with E-state index in [2.05, 4.69) is 10.2 Å². The number of unbranched alkanes of at least 4 members (excludes halogenated alkanes) is 1. The van der Waals surface area contributed by atoms with E-state index in [1.807, 2.05) is 6.92 Å². The highest BCUT2D eigenvalue weighted by atomic mass is 19.1. The minimum absolute atomic E-state index is 0.0806. The number of urea groups is 1. The highest BCUT2D eigenvalue weighted by Crippen LogP contribution is 2.18. The van der Waals surface area contributed by atoms with Gasteiger partial charge in [0.25, 0.3) is 0 Å². The number of nitrogens with one attached hydrogen (secondary N) is 1. The molecular weight excluding hydrogens is 293 g/mol. The van der Waals surface area contributed by atoms with E-state index >= 15 is 0 Å². The average Bonchev–Trinajstić information content (AvgIpc) is 3.07. The Bertz CT molecular complexity index is 486. The van der Waals surface area contributed by atoms with Crippen molar-refractivity contribution in [2.45, 2.75) is 38.6 Å². The fourth-order valence-electron chi connectivity index (χ4n) is 2.93. The standard InChI is InChI=1S/C18H28FN3O/c1-15(16-7-9-17(19)10-8-16)21(2)18(23)20-11-3-4-12-22-13-5-6-14-22/h7-10,15H,3-6,11-14H2,1-2H3,(H,20,23). The van der Waals surface area contributed by atoms with Crippen molar-refractivity contribution in [3.05, 3.63) is 35.6 Å². The van der Waals surface area contributed by atoms with Gasteiger partial charge in [-0.2, -0.15) is 0 Å². The Balaban J connectivity index is 1.66. The second kappa shape index (κ2) is 8.87. The zero-order valence-corrected chi connectivity index (χ0v) is 14.2. The number of carbonyl (C=O) groups excluding carboxylic acids is 1. The Hall–Kier alpha value is -1.62. The molecule has 4 nitrogen and oxygen atoms in total. The number of halogens is 1. The average molecular weight is 321 g/mol. The third-order valence-electron chi connectivity index (χ3n) is 4.63. The lowest BCUT2D eigenvalue weighted by Gasteiger charge is -2.25. The molecule has 0 radical (unpaired) electrons. The van der Waals surface area contributed by atoms with Crippen LogP contribution in [0, 0.1) is 5.82 Å². The molecule has 1 unspecified atom stereocenters. The molecule has 1 aromatic rings. The van der Waals surface area contributed by atoms with Gasteiger partial charge < -0.3 is 15.1 Å². The molecule has 1 fully saturated rings. The maximum absolute atomic E-state index is 13.0. The van der Waals surface area contributed by atoms with Crippen LogP contribution < -0.4 is 5.32 Å². The van der Waals surface area contributed by atoms with Gasteiger partial charge in [0.1, 0.15) is 5.82 Å². The molecule has 23 heavy (non-hydrogen) atoms. The second-order valence-corrected chi connectivity index (χ2v) is 6.33. The van der Waals surface area contributed by atoms with Gasteiger partial charge in [-0.3, -0.25) is 0 Å². The van der Waals surface area contributed by atoms with E-state index in [0.29, 0.717) is 6.54 Å². The molecule has 0 spiro atoms. The van der Waals surface area contributed by atoms with Crippen molar-refractivity contribution in [1.82, 2.24) is 15.1 Å². The molecule has 1 atom stereocenters. The van der Waals surface area contributed by atoms with Crippen molar-refractivity contribution in [2.75, 3.05) is 33.2 Å². The van der Waals surface area contributed by atoms with Crippen molar-refractivity contribution >= 4 is 6.03 Å². The number of benzene rings is 1. The van der Waals surface area contributed by atoms with Crippen molar-refractivity contribution in [3.63, 3.8) is 0 Å². The smallest absolute Gasteiger partial charge is 0.317 e. The lowest BCUT2D eigenvalue weighted by Crippen LogP contribution is -2.39. The number of likely N-dealkylation sites (tertiary alicyclic amines) is 1. The molecule has 2 rings (SSSR count). The van der Waals surface area contributed by atoms with Gasteiger partial charge in [0.05, 0.1) is 6.04 Å². The summed E-state index contributed by atoms with van der Waals surface area (Å²) in [5.41, 5.74) is 0.929. The largest absolute Gasteiger partial charge is 0.338 e. The van der Waals surface area contributed by atoms with E-state index in [1.165, 1.54) is 38.1 Å². The normalized spacial score (nSPS) is 16.3. The van der Waals surface area contributed by atoms with Crippen LogP contribution in [0.2, 0.25) is 0 Å². The van der Waals surface area contributed by atoms with Gasteiger partial charge in [0.15, 0.2) is 0 Å². The zero-order valence-electron chi connectivity index (χ0n) is 14.2. The third kappa shape index (κ3) is 5.50. The molecule has 1 aliphatic rings. The molecular formula is C18H28FN3O. The first kappa shape index (κ1) is 17.7. The van der Waals surface area contributed by atoms with Gasteiger partial charge in [0, 0.05) is 13.6 Å². The highest BCUT2D eigenvalue weighted by molar-refractivity contribution is 5.74. The molecule has 128 valence electrons. The van der Waals surface area contributed by atoms with Gasteiger partial charge in [-0.1, -0.05) is 12.1 Å². The van der Waals surface area contributed by atoms with Crippen molar-refractivity contribution < 1.29 is 9.18 Å². The van der Waals surface area contributed by atoms with E-state index in [1.54, 1.807) is 24.1 Å². The van der Waals surface area contributed by atoms with E-state index < -0.39 is 0 Å². The summed E-state index contributed by atoms with van der Waals surface area (Å²) in [5, 5.41) is 2.96. The van der Waals surface area contributed by atoms with Gasteiger partial charge >= 0.3 is 6.03 Å². The minimum Gasteiger partial charge on any atom is -0.338 e. The summed E-state index contributed by atoms with van der Waals surface area (Å²) in [5.74, 6) is -0.258. The Morgan fingerprint density at radius 1 is 1.26 bits per heavy atom. The van der Waals surface area contributed by atoms with Crippen LogP contribution >= 0.6 is 0 Å². The Kier molecular flexibility index (Phi) is 6.84. The Morgan fingerprint density at radius 2 is 1.91 bits per heavy atom. The maximum atomic E-state index is 13.0. The first-order chi connectivity index (χ1) is 11.1. The minimum atomic E-state index is -0.258. The summed E-state index contributed by atoms with van der Waals surface area (Å²) in [7, 11) is 1.77. The van der Waals surface area contributed by atoms with E-state index in [-0.39, 0.29) is 17.9 Å². The number of carbonyl (C=O) groups is 1. The first-order valence-corrected chi connectivity index (χ1v) is 8.56. The quantitative estimate of drug-likeness (QED) is 0.781. The number of rotatable bonds is 7. The lowest BCUT2D eigenvalue weighted by molar-refractivity contribution is 0.194. The van der Waals surface area contributed by atoms with Crippen LogP contribution in [-0.4, -0.2) is 49.1 Å². The Morgan fingerprint density at radius 3 is 2.57 bits per heavy atom. The van der Waals surface area contributed by atoms with Crippen molar-refractivity contribution in [1.29, 1.82) is 0 Å². The number of amides is 2. The van der Waals surface area contributed by atoms with Crippen molar-refractivity contribution in [2.24, 2.45) is 0 Å². The van der Waals surface area contributed by atoms with Gasteiger partial charge in [-0.15, -0.1) is 0 Å². The van der Waals surface area contributed by atoms with Crippen LogP contribution in [0.5, 0.6) is 0 Å². The first-order valence-electron chi connectivity index (χ1n) is 8.56.